The van der Waals surface area contributed by atoms with Crippen LogP contribution in [0.2, 0.25) is 0 Å². The molecule has 2 aromatic rings. The number of hydrogen-bond donors (Lipinski definition) is 2. The molecular weight excluding hydrogens is 212 g/mol. The molecule has 0 aromatic carbocycles. The number of methoxy groups -OCH3 is 1. The number of carbonyl (C=O) groups is 1. The summed E-state index contributed by atoms with van der Waals surface area (Å²) in [6.45, 7) is 0. The first-order valence-corrected chi connectivity index (χ1v) is 4.39. The van der Waals surface area contributed by atoms with E-state index in [2.05, 4.69) is 24.7 Å². The van der Waals surface area contributed by atoms with Gasteiger partial charge in [0, 0.05) is 18.6 Å². The van der Waals surface area contributed by atoms with Gasteiger partial charge < -0.3 is 14.7 Å². The van der Waals surface area contributed by atoms with Gasteiger partial charge in [-0.3, -0.25) is 4.79 Å². The molecule has 0 amide bonds. The van der Waals surface area contributed by atoms with Crippen molar-refractivity contribution >= 4 is 5.97 Å². The fourth-order valence-electron chi connectivity index (χ4n) is 1.17. The van der Waals surface area contributed by atoms with Gasteiger partial charge in [-0.2, -0.15) is 0 Å². The SMILES string of the molecule is COC(=O)c1cnc(-c2ncc[nH]2)[nH]c1=O. The Morgan fingerprint density at radius 2 is 2.19 bits per heavy atom. The zero-order valence-corrected chi connectivity index (χ0v) is 8.35. The number of H-pyrrole nitrogens is 2. The van der Waals surface area contributed by atoms with Crippen molar-refractivity contribution in [3.63, 3.8) is 0 Å². The van der Waals surface area contributed by atoms with E-state index < -0.39 is 11.5 Å². The quantitative estimate of drug-likeness (QED) is 0.691. The van der Waals surface area contributed by atoms with E-state index in [1.165, 1.54) is 13.3 Å². The van der Waals surface area contributed by atoms with Crippen LogP contribution in [-0.2, 0) is 4.74 Å². The molecule has 16 heavy (non-hydrogen) atoms. The molecule has 0 atom stereocenters. The van der Waals surface area contributed by atoms with Crippen molar-refractivity contribution < 1.29 is 9.53 Å². The standard InChI is InChI=1S/C9H8N4O3/c1-16-9(15)5-4-12-7(13-8(5)14)6-10-2-3-11-6/h2-4H,1H3,(H,10,11)(H,12,13,14). The molecule has 0 aliphatic rings. The topological polar surface area (TPSA) is 101 Å². The highest BCUT2D eigenvalue weighted by Crippen LogP contribution is 2.05. The van der Waals surface area contributed by atoms with Gasteiger partial charge in [-0.05, 0) is 0 Å². The summed E-state index contributed by atoms with van der Waals surface area (Å²) in [7, 11) is 1.20. The van der Waals surface area contributed by atoms with E-state index in [0.29, 0.717) is 5.82 Å². The molecule has 0 saturated heterocycles. The van der Waals surface area contributed by atoms with Crippen molar-refractivity contribution in [3.05, 3.63) is 34.5 Å². The zero-order chi connectivity index (χ0) is 11.5. The van der Waals surface area contributed by atoms with Crippen LogP contribution in [0.25, 0.3) is 11.6 Å². The van der Waals surface area contributed by atoms with Crippen LogP contribution in [0.5, 0.6) is 0 Å². The van der Waals surface area contributed by atoms with Gasteiger partial charge in [-0.25, -0.2) is 14.8 Å². The first-order valence-electron chi connectivity index (χ1n) is 4.39. The molecular formula is C9H8N4O3. The number of hydrogen-bond acceptors (Lipinski definition) is 5. The molecule has 7 nitrogen and oxygen atoms in total. The third-order valence-corrected chi connectivity index (χ3v) is 1.93. The Morgan fingerprint density at radius 1 is 1.38 bits per heavy atom. The molecule has 7 heteroatoms. The first kappa shape index (κ1) is 10.1. The monoisotopic (exact) mass is 220 g/mol. The van der Waals surface area contributed by atoms with Gasteiger partial charge in [0.2, 0.25) is 0 Å². The molecule has 82 valence electrons. The minimum absolute atomic E-state index is 0.141. The van der Waals surface area contributed by atoms with Crippen molar-refractivity contribution in [3.8, 4) is 11.6 Å². The normalized spacial score (nSPS) is 10.1. The van der Waals surface area contributed by atoms with Gasteiger partial charge in [0.05, 0.1) is 7.11 Å². The van der Waals surface area contributed by atoms with E-state index in [1.54, 1.807) is 6.20 Å². The van der Waals surface area contributed by atoms with Gasteiger partial charge in [0.1, 0.15) is 5.56 Å². The minimum atomic E-state index is -0.722. The van der Waals surface area contributed by atoms with E-state index in [4.69, 9.17) is 0 Å². The van der Waals surface area contributed by atoms with E-state index in [1.807, 2.05) is 0 Å². The van der Waals surface area contributed by atoms with Crippen LogP contribution in [0.15, 0.2) is 23.4 Å². The Kier molecular flexibility index (Phi) is 2.50. The van der Waals surface area contributed by atoms with Gasteiger partial charge in [-0.15, -0.1) is 0 Å². The molecule has 0 spiro atoms. The Bertz CT molecular complexity index is 558. The van der Waals surface area contributed by atoms with Crippen LogP contribution in [-0.4, -0.2) is 33.0 Å². The molecule has 2 aromatic heterocycles. The molecule has 2 N–H and O–H groups in total. The highest BCUT2D eigenvalue weighted by Gasteiger charge is 2.12. The Labute approximate surface area is 89.5 Å². The van der Waals surface area contributed by atoms with Crippen molar-refractivity contribution in [2.24, 2.45) is 0 Å². The summed E-state index contributed by atoms with van der Waals surface area (Å²) in [4.78, 5) is 35.7. The number of ether oxygens (including phenoxy) is 1. The lowest BCUT2D eigenvalue weighted by molar-refractivity contribution is 0.0598. The van der Waals surface area contributed by atoms with E-state index in [9.17, 15) is 9.59 Å². The minimum Gasteiger partial charge on any atom is -0.465 e. The summed E-state index contributed by atoms with van der Waals surface area (Å²) >= 11 is 0. The van der Waals surface area contributed by atoms with Gasteiger partial charge in [-0.1, -0.05) is 0 Å². The summed E-state index contributed by atoms with van der Waals surface area (Å²) in [5, 5.41) is 0. The summed E-state index contributed by atoms with van der Waals surface area (Å²) < 4.78 is 4.43. The fourth-order valence-corrected chi connectivity index (χ4v) is 1.17. The zero-order valence-electron chi connectivity index (χ0n) is 8.35. The maximum absolute atomic E-state index is 11.5. The number of nitrogens with zero attached hydrogens (tertiary/aromatic N) is 2. The maximum atomic E-state index is 11.5. The third kappa shape index (κ3) is 1.70. The summed E-state index contributed by atoms with van der Waals surface area (Å²) in [5.74, 6) is -0.0316. The van der Waals surface area contributed by atoms with Gasteiger partial charge in [0.25, 0.3) is 5.56 Å². The Balaban J connectivity index is 2.45. The number of aromatic amines is 2. The highest BCUT2D eigenvalue weighted by atomic mass is 16.5. The predicted octanol–water partition coefficient (Wildman–Crippen LogP) is -0.0534. The molecule has 0 fully saturated rings. The summed E-state index contributed by atoms with van der Waals surface area (Å²) in [6, 6.07) is 0. The van der Waals surface area contributed by atoms with Gasteiger partial charge in [0.15, 0.2) is 11.6 Å². The number of nitrogens with one attached hydrogen (secondary N) is 2. The smallest absolute Gasteiger partial charge is 0.345 e. The average molecular weight is 220 g/mol. The number of carbonyl (C=O) groups excluding carboxylic acids is 1. The lowest BCUT2D eigenvalue weighted by atomic mass is 10.3. The lowest BCUT2D eigenvalue weighted by Crippen LogP contribution is -2.20. The first-order chi connectivity index (χ1) is 7.72. The van der Waals surface area contributed by atoms with Crippen LogP contribution in [0, 0.1) is 0 Å². The Hall–Kier alpha value is -2.44. The molecule has 2 rings (SSSR count). The second-order valence-electron chi connectivity index (χ2n) is 2.90. The maximum Gasteiger partial charge on any atom is 0.345 e. The largest absolute Gasteiger partial charge is 0.465 e. The van der Waals surface area contributed by atoms with Crippen LogP contribution in [0.3, 0.4) is 0 Å². The molecule has 0 unspecified atom stereocenters. The molecule has 0 aliphatic carbocycles. The number of aromatic nitrogens is 4. The van der Waals surface area contributed by atoms with Crippen molar-refractivity contribution in [1.82, 2.24) is 19.9 Å². The van der Waals surface area contributed by atoms with Crippen LogP contribution in [0.1, 0.15) is 10.4 Å². The second kappa shape index (κ2) is 3.97. The third-order valence-electron chi connectivity index (χ3n) is 1.93. The van der Waals surface area contributed by atoms with Gasteiger partial charge >= 0.3 is 5.97 Å². The molecule has 2 heterocycles. The molecule has 0 bridgehead atoms. The van der Waals surface area contributed by atoms with Crippen molar-refractivity contribution in [2.45, 2.75) is 0 Å². The summed E-state index contributed by atoms with van der Waals surface area (Å²) in [5.41, 5.74) is -0.703. The van der Waals surface area contributed by atoms with Crippen LogP contribution in [0.4, 0.5) is 0 Å². The number of rotatable bonds is 2. The highest BCUT2D eigenvalue weighted by molar-refractivity contribution is 5.88. The molecule has 0 radical (unpaired) electrons. The average Bonchev–Trinajstić information content (AvgIpc) is 2.81. The van der Waals surface area contributed by atoms with E-state index >= 15 is 0 Å². The van der Waals surface area contributed by atoms with Crippen LogP contribution < -0.4 is 5.56 Å². The number of esters is 1. The van der Waals surface area contributed by atoms with Crippen LogP contribution >= 0.6 is 0 Å². The molecule has 0 saturated carbocycles. The second-order valence-corrected chi connectivity index (χ2v) is 2.90. The number of imidazole rings is 1. The Morgan fingerprint density at radius 3 is 2.75 bits per heavy atom. The fraction of sp³-hybridized carbons (Fsp3) is 0.111. The molecule has 0 aliphatic heterocycles. The van der Waals surface area contributed by atoms with E-state index in [0.717, 1.165) is 6.20 Å². The lowest BCUT2D eigenvalue weighted by Gasteiger charge is -1.99. The van der Waals surface area contributed by atoms with E-state index in [-0.39, 0.29) is 11.4 Å². The van der Waals surface area contributed by atoms with Crippen molar-refractivity contribution in [1.29, 1.82) is 0 Å². The predicted molar refractivity (Wildman–Crippen MR) is 53.8 cm³/mol. The van der Waals surface area contributed by atoms with Crippen molar-refractivity contribution in [2.75, 3.05) is 7.11 Å². The summed E-state index contributed by atoms with van der Waals surface area (Å²) in [6.07, 6.45) is 4.29.